The van der Waals surface area contributed by atoms with Crippen LogP contribution in [0.5, 0.6) is 5.75 Å². The van der Waals surface area contributed by atoms with E-state index in [1.807, 2.05) is 24.3 Å². The molecule has 1 aromatic heterocycles. The van der Waals surface area contributed by atoms with E-state index in [0.717, 1.165) is 29.7 Å². The lowest BCUT2D eigenvalue weighted by Gasteiger charge is -2.23. The Bertz CT molecular complexity index is 1120. The summed E-state index contributed by atoms with van der Waals surface area (Å²) < 4.78 is 6.98. The van der Waals surface area contributed by atoms with Gasteiger partial charge in [0.1, 0.15) is 12.4 Å². The number of aryl methyl sites for hydroxylation is 1. The molecule has 158 valence electrons. The fourth-order valence-electron chi connectivity index (χ4n) is 3.68. The molecular formula is C25H25N3O3. The number of ether oxygens (including phenoxy) is 1. The minimum absolute atomic E-state index is 0.491. The van der Waals surface area contributed by atoms with Gasteiger partial charge in [0.15, 0.2) is 0 Å². The zero-order chi connectivity index (χ0) is 21.6. The maximum absolute atomic E-state index is 11.4. The Balaban J connectivity index is 1.45. The Labute approximate surface area is 181 Å². The molecule has 1 heterocycles. The van der Waals surface area contributed by atoms with Crippen LogP contribution in [-0.4, -0.2) is 39.0 Å². The number of fused-ring (bicyclic) bond motifs is 1. The van der Waals surface area contributed by atoms with Crippen LogP contribution in [0.2, 0.25) is 0 Å². The Morgan fingerprint density at radius 3 is 2.16 bits per heavy atom. The molecule has 3 aromatic carbocycles. The molecule has 0 atom stereocenters. The Hall–Kier alpha value is -3.64. The molecule has 0 fully saturated rings. The van der Waals surface area contributed by atoms with E-state index in [1.165, 1.54) is 11.1 Å². The molecular weight excluding hydrogens is 390 g/mol. The normalized spacial score (nSPS) is 11.2. The quantitative estimate of drug-likeness (QED) is 0.441. The number of aromatic nitrogens is 2. The molecule has 0 saturated heterocycles. The van der Waals surface area contributed by atoms with Crippen LogP contribution in [0.25, 0.3) is 10.9 Å². The molecule has 0 bridgehead atoms. The van der Waals surface area contributed by atoms with Crippen LogP contribution in [-0.2, 0) is 13.1 Å². The summed E-state index contributed by atoms with van der Waals surface area (Å²) >= 11 is 0. The molecule has 0 aliphatic rings. The van der Waals surface area contributed by atoms with Crippen LogP contribution in [0, 0.1) is 6.92 Å². The lowest BCUT2D eigenvalue weighted by molar-refractivity contribution is 0.193. The zero-order valence-electron chi connectivity index (χ0n) is 17.4. The molecule has 1 N–H and O–H groups in total. The van der Waals surface area contributed by atoms with E-state index in [2.05, 4.69) is 58.5 Å². The first-order valence-corrected chi connectivity index (χ1v) is 10.3. The van der Waals surface area contributed by atoms with Crippen molar-refractivity contribution in [1.82, 2.24) is 14.7 Å². The second kappa shape index (κ2) is 9.45. The molecule has 0 aliphatic carbocycles. The number of benzene rings is 3. The fraction of sp³-hybridized carbons (Fsp3) is 0.200. The summed E-state index contributed by atoms with van der Waals surface area (Å²) in [7, 11) is 0. The monoisotopic (exact) mass is 415 g/mol. The molecule has 0 aliphatic heterocycles. The van der Waals surface area contributed by atoms with Gasteiger partial charge < -0.3 is 9.84 Å². The summed E-state index contributed by atoms with van der Waals surface area (Å²) in [6.45, 7) is 4.67. The highest BCUT2D eigenvalue weighted by Crippen LogP contribution is 2.23. The minimum Gasteiger partial charge on any atom is -0.492 e. The lowest BCUT2D eigenvalue weighted by Crippen LogP contribution is -2.27. The van der Waals surface area contributed by atoms with Gasteiger partial charge in [0, 0.05) is 31.1 Å². The van der Waals surface area contributed by atoms with Gasteiger partial charge in [-0.05, 0) is 30.2 Å². The smallest absolute Gasteiger partial charge is 0.432 e. The van der Waals surface area contributed by atoms with E-state index in [0.29, 0.717) is 23.6 Å². The van der Waals surface area contributed by atoms with Crippen molar-refractivity contribution >= 4 is 17.0 Å². The van der Waals surface area contributed by atoms with E-state index < -0.39 is 6.09 Å². The van der Waals surface area contributed by atoms with Crippen molar-refractivity contribution in [1.29, 1.82) is 0 Å². The standard InChI is InChI=1S/C25H25N3O3/c1-19-23-13-12-22(16-24(23)28(26-19)25(29)30)31-15-14-27(17-20-8-4-2-5-9-20)18-21-10-6-3-7-11-21/h2-13,16H,14-15,17-18H2,1H3,(H,29,30). The van der Waals surface area contributed by atoms with E-state index in [-0.39, 0.29) is 0 Å². The Morgan fingerprint density at radius 1 is 0.968 bits per heavy atom. The molecule has 6 nitrogen and oxygen atoms in total. The topological polar surface area (TPSA) is 67.6 Å². The van der Waals surface area contributed by atoms with Crippen LogP contribution in [0.1, 0.15) is 16.8 Å². The highest BCUT2D eigenvalue weighted by molar-refractivity contribution is 5.89. The van der Waals surface area contributed by atoms with Crippen LogP contribution in [0.4, 0.5) is 4.79 Å². The molecule has 4 aromatic rings. The maximum Gasteiger partial charge on any atom is 0.432 e. The van der Waals surface area contributed by atoms with E-state index in [4.69, 9.17) is 4.74 Å². The van der Waals surface area contributed by atoms with Gasteiger partial charge >= 0.3 is 6.09 Å². The highest BCUT2D eigenvalue weighted by Gasteiger charge is 2.13. The average molecular weight is 415 g/mol. The van der Waals surface area contributed by atoms with Crippen molar-refractivity contribution in [2.75, 3.05) is 13.2 Å². The fourth-order valence-corrected chi connectivity index (χ4v) is 3.68. The van der Waals surface area contributed by atoms with Gasteiger partial charge in [0.2, 0.25) is 0 Å². The van der Waals surface area contributed by atoms with E-state index in [1.54, 1.807) is 13.0 Å². The highest BCUT2D eigenvalue weighted by atomic mass is 16.5. The average Bonchev–Trinajstić information content (AvgIpc) is 3.11. The third-order valence-corrected chi connectivity index (χ3v) is 5.19. The van der Waals surface area contributed by atoms with Crippen LogP contribution >= 0.6 is 0 Å². The maximum atomic E-state index is 11.4. The minimum atomic E-state index is -1.10. The van der Waals surface area contributed by atoms with Crippen LogP contribution in [0.3, 0.4) is 0 Å². The van der Waals surface area contributed by atoms with Gasteiger partial charge in [0.05, 0.1) is 11.2 Å². The van der Waals surface area contributed by atoms with Crippen LogP contribution < -0.4 is 4.74 Å². The van der Waals surface area contributed by atoms with Crippen molar-refractivity contribution < 1.29 is 14.6 Å². The van der Waals surface area contributed by atoms with Crippen molar-refractivity contribution in [3.63, 3.8) is 0 Å². The number of carbonyl (C=O) groups is 1. The molecule has 0 radical (unpaired) electrons. The Morgan fingerprint density at radius 2 is 1.58 bits per heavy atom. The zero-order valence-corrected chi connectivity index (χ0v) is 17.4. The lowest BCUT2D eigenvalue weighted by atomic mass is 10.1. The summed E-state index contributed by atoms with van der Waals surface area (Å²) in [4.78, 5) is 13.8. The summed E-state index contributed by atoms with van der Waals surface area (Å²) in [6.07, 6.45) is -1.10. The summed E-state index contributed by atoms with van der Waals surface area (Å²) in [5.74, 6) is 0.634. The number of hydrogen-bond donors (Lipinski definition) is 1. The molecule has 6 heteroatoms. The van der Waals surface area contributed by atoms with Crippen molar-refractivity contribution in [2.24, 2.45) is 0 Å². The molecule has 4 rings (SSSR count). The first-order valence-electron chi connectivity index (χ1n) is 10.3. The van der Waals surface area contributed by atoms with Gasteiger partial charge in [-0.25, -0.2) is 4.79 Å². The molecule has 0 saturated carbocycles. The second-order valence-corrected chi connectivity index (χ2v) is 7.49. The molecule has 0 amide bonds. The van der Waals surface area contributed by atoms with E-state index in [9.17, 15) is 9.90 Å². The van der Waals surface area contributed by atoms with Gasteiger partial charge in [0.25, 0.3) is 0 Å². The predicted octanol–water partition coefficient (Wildman–Crippen LogP) is 4.95. The van der Waals surface area contributed by atoms with Gasteiger partial charge in [-0.3, -0.25) is 4.90 Å². The summed E-state index contributed by atoms with van der Waals surface area (Å²) in [5.41, 5.74) is 3.72. The van der Waals surface area contributed by atoms with Gasteiger partial charge in [-0.2, -0.15) is 9.78 Å². The van der Waals surface area contributed by atoms with Crippen molar-refractivity contribution in [3.05, 3.63) is 95.7 Å². The number of rotatable bonds is 8. The number of hydrogen-bond acceptors (Lipinski definition) is 4. The molecule has 31 heavy (non-hydrogen) atoms. The van der Waals surface area contributed by atoms with Crippen molar-refractivity contribution in [3.8, 4) is 5.75 Å². The van der Waals surface area contributed by atoms with Crippen molar-refractivity contribution in [2.45, 2.75) is 20.0 Å². The molecule has 0 unspecified atom stereocenters. The number of carboxylic acid groups (broad SMARTS) is 1. The van der Waals surface area contributed by atoms with Gasteiger partial charge in [-0.1, -0.05) is 60.7 Å². The number of nitrogens with zero attached hydrogens (tertiary/aromatic N) is 3. The Kier molecular flexibility index (Phi) is 6.29. The van der Waals surface area contributed by atoms with Crippen LogP contribution in [0.15, 0.2) is 78.9 Å². The van der Waals surface area contributed by atoms with Gasteiger partial charge in [-0.15, -0.1) is 0 Å². The predicted molar refractivity (Wildman–Crippen MR) is 120 cm³/mol. The first kappa shape index (κ1) is 20.6. The summed E-state index contributed by atoms with van der Waals surface area (Å²) in [5, 5.41) is 14.3. The molecule has 0 spiro atoms. The largest absolute Gasteiger partial charge is 0.492 e. The third kappa shape index (κ3) is 5.10. The summed E-state index contributed by atoms with van der Waals surface area (Å²) in [6, 6.07) is 26.2. The SMILES string of the molecule is Cc1nn(C(=O)O)c2cc(OCCN(Cc3ccccc3)Cc3ccccc3)ccc12. The third-order valence-electron chi connectivity index (χ3n) is 5.19. The first-order chi connectivity index (χ1) is 15.1. The second-order valence-electron chi connectivity index (χ2n) is 7.49. The van der Waals surface area contributed by atoms with E-state index >= 15 is 0 Å².